The molecule has 21 heavy (non-hydrogen) atoms. The van der Waals surface area contributed by atoms with Gasteiger partial charge < -0.3 is 10.2 Å². The highest BCUT2D eigenvalue weighted by Gasteiger charge is 2.25. The molecule has 4 rings (SSSR count). The summed E-state index contributed by atoms with van der Waals surface area (Å²) in [5.74, 6) is -0.00155. The Balaban J connectivity index is 1.60. The van der Waals surface area contributed by atoms with Crippen molar-refractivity contribution in [1.82, 2.24) is 4.90 Å². The number of carbonyl (C=O) groups excluding carboxylic acids is 2. The molecule has 0 saturated carbocycles. The van der Waals surface area contributed by atoms with Gasteiger partial charge in [-0.05, 0) is 28.8 Å². The van der Waals surface area contributed by atoms with Gasteiger partial charge in [0.1, 0.15) is 0 Å². The third-order valence-corrected chi connectivity index (χ3v) is 4.11. The molecule has 4 heteroatoms. The summed E-state index contributed by atoms with van der Waals surface area (Å²) < 4.78 is 0. The lowest BCUT2D eigenvalue weighted by Gasteiger charge is -2.16. The van der Waals surface area contributed by atoms with Crippen molar-refractivity contribution in [3.05, 3.63) is 64.7 Å². The zero-order valence-electron chi connectivity index (χ0n) is 11.4. The van der Waals surface area contributed by atoms with Crippen molar-refractivity contribution in [3.8, 4) is 0 Å². The van der Waals surface area contributed by atoms with E-state index in [-0.39, 0.29) is 11.8 Å². The summed E-state index contributed by atoms with van der Waals surface area (Å²) in [6.45, 7) is 1.30. The fraction of sp³-hybridized carbons (Fsp3) is 0.176. The lowest BCUT2D eigenvalue weighted by Crippen LogP contribution is -2.25. The molecule has 2 heterocycles. The number of benzene rings is 2. The lowest BCUT2D eigenvalue weighted by atomic mass is 10.1. The van der Waals surface area contributed by atoms with Gasteiger partial charge in [0.05, 0.1) is 6.42 Å². The molecular weight excluding hydrogens is 264 g/mol. The molecule has 2 amide bonds. The fourth-order valence-corrected chi connectivity index (χ4v) is 3.01. The zero-order valence-corrected chi connectivity index (χ0v) is 11.4. The largest absolute Gasteiger partial charge is 0.330 e. The molecule has 1 N–H and O–H groups in total. The van der Waals surface area contributed by atoms with Crippen molar-refractivity contribution in [2.24, 2.45) is 0 Å². The average Bonchev–Trinajstić information content (AvgIpc) is 3.07. The number of hydrogen-bond donors (Lipinski definition) is 1. The molecule has 4 nitrogen and oxygen atoms in total. The van der Waals surface area contributed by atoms with Crippen LogP contribution < -0.4 is 5.32 Å². The Morgan fingerprint density at radius 2 is 1.71 bits per heavy atom. The van der Waals surface area contributed by atoms with E-state index in [1.807, 2.05) is 29.2 Å². The maximum Gasteiger partial charge on any atom is 0.254 e. The van der Waals surface area contributed by atoms with Gasteiger partial charge in [-0.15, -0.1) is 0 Å². The predicted octanol–water partition coefficient (Wildman–Crippen LogP) is 2.34. The number of rotatable bonds is 1. The molecule has 104 valence electrons. The van der Waals surface area contributed by atoms with E-state index in [2.05, 4.69) is 17.4 Å². The van der Waals surface area contributed by atoms with E-state index in [9.17, 15) is 9.59 Å². The van der Waals surface area contributed by atoms with Gasteiger partial charge in [-0.25, -0.2) is 0 Å². The van der Waals surface area contributed by atoms with Crippen LogP contribution in [0.25, 0.3) is 0 Å². The molecule has 0 fully saturated rings. The van der Waals surface area contributed by atoms with E-state index < -0.39 is 0 Å². The number of carbonyl (C=O) groups is 2. The number of nitrogens with zero attached hydrogens (tertiary/aromatic N) is 1. The summed E-state index contributed by atoms with van der Waals surface area (Å²) in [5, 5.41) is 2.79. The smallest absolute Gasteiger partial charge is 0.254 e. The quantitative estimate of drug-likeness (QED) is 0.870. The highest BCUT2D eigenvalue weighted by Crippen LogP contribution is 2.27. The maximum atomic E-state index is 12.6. The lowest BCUT2D eigenvalue weighted by molar-refractivity contribution is -0.115. The Hall–Kier alpha value is -2.62. The van der Waals surface area contributed by atoms with E-state index in [0.717, 1.165) is 11.3 Å². The van der Waals surface area contributed by atoms with E-state index >= 15 is 0 Å². The topological polar surface area (TPSA) is 49.4 Å². The minimum Gasteiger partial charge on any atom is -0.330 e. The van der Waals surface area contributed by atoms with Crippen molar-refractivity contribution in [3.63, 3.8) is 0 Å². The number of amides is 2. The highest BCUT2D eigenvalue weighted by atomic mass is 16.2. The molecule has 2 aliphatic heterocycles. The Morgan fingerprint density at radius 1 is 1.00 bits per heavy atom. The Kier molecular flexibility index (Phi) is 2.57. The van der Waals surface area contributed by atoms with Crippen LogP contribution in [-0.4, -0.2) is 16.7 Å². The van der Waals surface area contributed by atoms with Gasteiger partial charge in [0.25, 0.3) is 5.91 Å². The molecule has 2 aromatic carbocycles. The minimum atomic E-state index is -0.0109. The van der Waals surface area contributed by atoms with Crippen molar-refractivity contribution in [1.29, 1.82) is 0 Å². The maximum absolute atomic E-state index is 12.6. The third-order valence-electron chi connectivity index (χ3n) is 4.11. The summed E-state index contributed by atoms with van der Waals surface area (Å²) in [4.78, 5) is 25.8. The van der Waals surface area contributed by atoms with Crippen LogP contribution >= 0.6 is 0 Å². The van der Waals surface area contributed by atoms with Crippen molar-refractivity contribution < 1.29 is 9.59 Å². The zero-order chi connectivity index (χ0) is 14.4. The normalized spacial score (nSPS) is 15.6. The van der Waals surface area contributed by atoms with Crippen LogP contribution in [0.3, 0.4) is 0 Å². The van der Waals surface area contributed by atoms with Crippen LogP contribution in [0.15, 0.2) is 42.5 Å². The van der Waals surface area contributed by atoms with Gasteiger partial charge in [0, 0.05) is 24.3 Å². The highest BCUT2D eigenvalue weighted by molar-refractivity contribution is 6.02. The number of anilines is 1. The molecule has 0 saturated heterocycles. The summed E-state index contributed by atoms with van der Waals surface area (Å²) in [5.41, 5.74) is 4.77. The second kappa shape index (κ2) is 4.45. The van der Waals surface area contributed by atoms with Gasteiger partial charge >= 0.3 is 0 Å². The van der Waals surface area contributed by atoms with E-state index in [1.165, 1.54) is 11.1 Å². The molecule has 2 aliphatic rings. The number of hydrogen-bond acceptors (Lipinski definition) is 2. The first kappa shape index (κ1) is 12.1. The first-order valence-corrected chi connectivity index (χ1v) is 6.99. The summed E-state index contributed by atoms with van der Waals surface area (Å²) in [6, 6.07) is 13.6. The first-order chi connectivity index (χ1) is 10.2. The van der Waals surface area contributed by atoms with Crippen molar-refractivity contribution in [2.75, 3.05) is 5.32 Å². The summed E-state index contributed by atoms with van der Waals surface area (Å²) in [6.07, 6.45) is 0.402. The Bertz CT molecular complexity index is 742. The van der Waals surface area contributed by atoms with Gasteiger partial charge in [0.2, 0.25) is 5.91 Å². The molecule has 0 aromatic heterocycles. The molecule has 0 aliphatic carbocycles. The van der Waals surface area contributed by atoms with Gasteiger partial charge in [-0.1, -0.05) is 30.3 Å². The second-order valence-electron chi connectivity index (χ2n) is 5.53. The van der Waals surface area contributed by atoms with E-state index in [1.54, 1.807) is 6.07 Å². The van der Waals surface area contributed by atoms with Crippen LogP contribution in [0, 0.1) is 0 Å². The Labute approximate surface area is 122 Å². The molecule has 0 radical (unpaired) electrons. The Morgan fingerprint density at radius 3 is 2.43 bits per heavy atom. The van der Waals surface area contributed by atoms with Crippen LogP contribution in [0.1, 0.15) is 27.0 Å². The summed E-state index contributed by atoms with van der Waals surface area (Å²) in [7, 11) is 0. The van der Waals surface area contributed by atoms with Gasteiger partial charge in [-0.2, -0.15) is 0 Å². The monoisotopic (exact) mass is 278 g/mol. The van der Waals surface area contributed by atoms with Gasteiger partial charge in [0.15, 0.2) is 0 Å². The van der Waals surface area contributed by atoms with Gasteiger partial charge in [-0.3, -0.25) is 9.59 Å². The molecular formula is C17H14N2O2. The minimum absolute atomic E-state index is 0.00940. The molecule has 0 atom stereocenters. The summed E-state index contributed by atoms with van der Waals surface area (Å²) >= 11 is 0. The number of nitrogens with one attached hydrogen (secondary N) is 1. The first-order valence-electron chi connectivity index (χ1n) is 6.99. The van der Waals surface area contributed by atoms with Crippen LogP contribution in [0.4, 0.5) is 5.69 Å². The molecule has 0 spiro atoms. The van der Waals surface area contributed by atoms with Crippen LogP contribution in [0.5, 0.6) is 0 Å². The van der Waals surface area contributed by atoms with E-state index in [0.29, 0.717) is 25.1 Å². The molecule has 0 bridgehead atoms. The second-order valence-corrected chi connectivity index (χ2v) is 5.53. The van der Waals surface area contributed by atoms with Crippen LogP contribution in [-0.2, 0) is 24.3 Å². The van der Waals surface area contributed by atoms with E-state index in [4.69, 9.17) is 0 Å². The fourth-order valence-electron chi connectivity index (χ4n) is 3.01. The van der Waals surface area contributed by atoms with Crippen molar-refractivity contribution >= 4 is 17.5 Å². The van der Waals surface area contributed by atoms with Crippen molar-refractivity contribution in [2.45, 2.75) is 19.5 Å². The molecule has 0 unspecified atom stereocenters. The average molecular weight is 278 g/mol. The predicted molar refractivity (Wildman–Crippen MR) is 78.8 cm³/mol. The SMILES string of the molecule is O=C1Cc2ccc(C(=O)N3Cc4ccccc4C3)cc2N1. The molecule has 2 aromatic rings. The third kappa shape index (κ3) is 2.00. The number of fused-ring (bicyclic) bond motifs is 2. The van der Waals surface area contributed by atoms with Crippen LogP contribution in [0.2, 0.25) is 0 Å². The standard InChI is InChI=1S/C17H14N2O2/c20-16-8-11-5-6-12(7-15(11)18-16)17(21)19-9-13-3-1-2-4-14(13)10-19/h1-7H,8-10H2,(H,18,20).